The average molecular weight is 387 g/mol. The molecule has 0 atom stereocenters. The second-order valence-corrected chi connectivity index (χ2v) is 5.54. The first-order chi connectivity index (χ1) is 13.0. The summed E-state index contributed by atoms with van der Waals surface area (Å²) in [5, 5.41) is 2.32. The Labute approximate surface area is 160 Å². The first-order valence-corrected chi connectivity index (χ1v) is 8.10. The molecule has 0 bridgehead atoms. The number of methoxy groups -OCH3 is 2. The highest BCUT2D eigenvalue weighted by Crippen LogP contribution is 2.16. The van der Waals surface area contributed by atoms with E-state index in [4.69, 9.17) is 17.0 Å². The molecule has 0 heterocycles. The number of hydrogen-bond donors (Lipinski definition) is 3. The molecule has 0 unspecified atom stereocenters. The molecular weight excluding hydrogens is 370 g/mol. The lowest BCUT2D eigenvalue weighted by atomic mass is 10.1. The highest BCUT2D eigenvalue weighted by Gasteiger charge is 2.13. The molecule has 0 spiro atoms. The van der Waals surface area contributed by atoms with Gasteiger partial charge < -0.3 is 9.47 Å². The Morgan fingerprint density at radius 1 is 0.852 bits per heavy atom. The molecule has 0 aliphatic rings. The molecule has 0 saturated carbocycles. The summed E-state index contributed by atoms with van der Waals surface area (Å²) in [7, 11) is 2.72. The number of para-hydroxylation sites is 1. The molecule has 0 radical (unpaired) electrons. The summed E-state index contributed by atoms with van der Waals surface area (Å²) in [6.07, 6.45) is 0. The zero-order valence-corrected chi connectivity index (χ0v) is 15.4. The van der Waals surface area contributed by atoms with Crippen LogP contribution in [0, 0.1) is 0 Å². The van der Waals surface area contributed by atoms with Crippen LogP contribution < -0.4 is 20.9 Å². The lowest BCUT2D eigenvalue weighted by molar-refractivity contribution is 0.0600. The van der Waals surface area contributed by atoms with Crippen molar-refractivity contribution in [2.45, 2.75) is 0 Å². The minimum absolute atomic E-state index is 0.0970. The third kappa shape index (κ3) is 5.25. The van der Waals surface area contributed by atoms with Crippen molar-refractivity contribution in [2.75, 3.05) is 14.2 Å². The number of carbonyl (C=O) groups is 3. The summed E-state index contributed by atoms with van der Waals surface area (Å²) in [6, 6.07) is 12.5. The summed E-state index contributed by atoms with van der Waals surface area (Å²) in [5.74, 6) is -1.09. The van der Waals surface area contributed by atoms with Crippen molar-refractivity contribution in [2.24, 2.45) is 0 Å². The van der Waals surface area contributed by atoms with Gasteiger partial charge in [-0.15, -0.1) is 0 Å². The molecule has 2 amide bonds. The zero-order valence-electron chi connectivity index (χ0n) is 14.6. The van der Waals surface area contributed by atoms with Crippen molar-refractivity contribution in [1.29, 1.82) is 0 Å². The van der Waals surface area contributed by atoms with Gasteiger partial charge in [0.1, 0.15) is 5.75 Å². The number of hydrogen-bond acceptors (Lipinski definition) is 6. The zero-order chi connectivity index (χ0) is 19.8. The number of thiocarbonyl (C=S) groups is 1. The monoisotopic (exact) mass is 387 g/mol. The molecular formula is C18H17N3O5S. The maximum Gasteiger partial charge on any atom is 0.337 e. The molecule has 2 aromatic rings. The molecule has 9 heteroatoms. The summed E-state index contributed by atoms with van der Waals surface area (Å²) >= 11 is 4.98. The minimum atomic E-state index is -0.504. The second-order valence-electron chi connectivity index (χ2n) is 5.13. The number of ether oxygens (including phenoxy) is 2. The molecule has 0 aromatic heterocycles. The minimum Gasteiger partial charge on any atom is -0.496 e. The van der Waals surface area contributed by atoms with Gasteiger partial charge >= 0.3 is 5.97 Å². The fourth-order valence-electron chi connectivity index (χ4n) is 2.10. The molecule has 27 heavy (non-hydrogen) atoms. The van der Waals surface area contributed by atoms with Crippen LogP contribution in [-0.2, 0) is 4.74 Å². The lowest BCUT2D eigenvalue weighted by Crippen LogP contribution is -2.48. The molecule has 0 fully saturated rings. The SMILES string of the molecule is COC(=O)c1ccc(C(=O)NC(=S)NNC(=O)c2ccccc2OC)cc1. The summed E-state index contributed by atoms with van der Waals surface area (Å²) in [4.78, 5) is 35.7. The molecule has 3 N–H and O–H groups in total. The molecule has 140 valence electrons. The van der Waals surface area contributed by atoms with Gasteiger partial charge in [0, 0.05) is 5.56 Å². The normalized spacial score (nSPS) is 9.70. The van der Waals surface area contributed by atoms with Crippen LogP contribution in [0.2, 0.25) is 0 Å². The number of benzene rings is 2. The van der Waals surface area contributed by atoms with Gasteiger partial charge in [-0.25, -0.2) is 4.79 Å². The van der Waals surface area contributed by atoms with Crippen LogP contribution >= 0.6 is 12.2 Å². The third-order valence-corrected chi connectivity index (χ3v) is 3.64. The predicted octanol–water partition coefficient (Wildman–Crippen LogP) is 1.43. The van der Waals surface area contributed by atoms with Crippen molar-refractivity contribution < 1.29 is 23.9 Å². The van der Waals surface area contributed by atoms with Crippen LogP contribution in [0.3, 0.4) is 0 Å². The molecule has 8 nitrogen and oxygen atoms in total. The molecule has 0 aliphatic heterocycles. The van der Waals surface area contributed by atoms with Gasteiger partial charge in [-0.3, -0.25) is 25.8 Å². The Morgan fingerprint density at radius 3 is 2.11 bits per heavy atom. The van der Waals surface area contributed by atoms with E-state index >= 15 is 0 Å². The summed E-state index contributed by atoms with van der Waals surface area (Å²) in [6.45, 7) is 0. The maximum absolute atomic E-state index is 12.1. The summed E-state index contributed by atoms with van der Waals surface area (Å²) < 4.78 is 9.70. The average Bonchev–Trinajstić information content (AvgIpc) is 2.71. The Kier molecular flexibility index (Phi) is 6.84. The molecule has 0 aliphatic carbocycles. The van der Waals surface area contributed by atoms with Crippen molar-refractivity contribution in [3.8, 4) is 5.75 Å². The Bertz CT molecular complexity index is 868. The number of esters is 1. The van der Waals surface area contributed by atoms with E-state index in [1.54, 1.807) is 24.3 Å². The Morgan fingerprint density at radius 2 is 1.48 bits per heavy atom. The highest BCUT2D eigenvalue weighted by atomic mass is 32.1. The second kappa shape index (κ2) is 9.30. The van der Waals surface area contributed by atoms with E-state index in [-0.39, 0.29) is 10.7 Å². The first kappa shape index (κ1) is 19.9. The van der Waals surface area contributed by atoms with E-state index in [1.165, 1.54) is 38.5 Å². The topological polar surface area (TPSA) is 106 Å². The van der Waals surface area contributed by atoms with Crippen molar-refractivity contribution >= 4 is 35.1 Å². The van der Waals surface area contributed by atoms with E-state index in [9.17, 15) is 14.4 Å². The van der Waals surface area contributed by atoms with Crippen LogP contribution in [0.15, 0.2) is 48.5 Å². The number of amides is 2. The number of nitrogens with one attached hydrogen (secondary N) is 3. The first-order valence-electron chi connectivity index (χ1n) is 7.69. The smallest absolute Gasteiger partial charge is 0.337 e. The predicted molar refractivity (Wildman–Crippen MR) is 101 cm³/mol. The van der Waals surface area contributed by atoms with Gasteiger partial charge in [-0.05, 0) is 48.6 Å². The van der Waals surface area contributed by atoms with E-state index in [2.05, 4.69) is 20.9 Å². The third-order valence-electron chi connectivity index (χ3n) is 3.44. The fourth-order valence-corrected chi connectivity index (χ4v) is 2.24. The van der Waals surface area contributed by atoms with Crippen molar-refractivity contribution in [3.05, 3.63) is 65.2 Å². The summed E-state index contributed by atoms with van der Waals surface area (Å²) in [5.41, 5.74) is 5.72. The van der Waals surface area contributed by atoms with E-state index < -0.39 is 17.8 Å². The Balaban J connectivity index is 1.90. The number of carbonyl (C=O) groups excluding carboxylic acids is 3. The maximum atomic E-state index is 12.1. The van der Waals surface area contributed by atoms with Crippen molar-refractivity contribution in [3.63, 3.8) is 0 Å². The van der Waals surface area contributed by atoms with Crippen LogP contribution in [-0.4, -0.2) is 37.1 Å². The van der Waals surface area contributed by atoms with E-state index in [0.29, 0.717) is 16.9 Å². The fraction of sp³-hybridized carbons (Fsp3) is 0.111. The van der Waals surface area contributed by atoms with Crippen LogP contribution in [0.5, 0.6) is 5.75 Å². The largest absolute Gasteiger partial charge is 0.496 e. The van der Waals surface area contributed by atoms with Crippen LogP contribution in [0.25, 0.3) is 0 Å². The quantitative estimate of drug-likeness (QED) is 0.414. The molecule has 2 aromatic carbocycles. The van der Waals surface area contributed by atoms with Gasteiger partial charge in [-0.1, -0.05) is 12.1 Å². The van der Waals surface area contributed by atoms with E-state index in [0.717, 1.165) is 0 Å². The van der Waals surface area contributed by atoms with Gasteiger partial charge in [-0.2, -0.15) is 0 Å². The standard InChI is InChI=1S/C18H17N3O5S/c1-25-14-6-4-3-5-13(14)16(23)20-21-18(27)19-15(22)11-7-9-12(10-8-11)17(24)26-2/h3-10H,1-2H3,(H,20,23)(H2,19,21,22,27). The van der Waals surface area contributed by atoms with Gasteiger partial charge in [0.15, 0.2) is 5.11 Å². The molecule has 2 rings (SSSR count). The van der Waals surface area contributed by atoms with E-state index in [1.807, 2.05) is 0 Å². The van der Waals surface area contributed by atoms with Gasteiger partial charge in [0.2, 0.25) is 0 Å². The highest BCUT2D eigenvalue weighted by molar-refractivity contribution is 7.80. The van der Waals surface area contributed by atoms with Crippen LogP contribution in [0.4, 0.5) is 0 Å². The number of rotatable bonds is 4. The number of hydrazine groups is 1. The van der Waals surface area contributed by atoms with Crippen molar-refractivity contribution in [1.82, 2.24) is 16.2 Å². The van der Waals surface area contributed by atoms with Gasteiger partial charge in [0.05, 0.1) is 25.3 Å². The lowest BCUT2D eigenvalue weighted by Gasteiger charge is -2.12. The Hall–Kier alpha value is -3.46. The van der Waals surface area contributed by atoms with Crippen LogP contribution in [0.1, 0.15) is 31.1 Å². The molecule has 0 saturated heterocycles. The van der Waals surface area contributed by atoms with Gasteiger partial charge in [0.25, 0.3) is 11.8 Å².